The van der Waals surface area contributed by atoms with E-state index in [2.05, 4.69) is 12.2 Å². The highest BCUT2D eigenvalue weighted by Crippen LogP contribution is 2.24. The average Bonchev–Trinajstić information content (AvgIpc) is 2.39. The maximum absolute atomic E-state index is 13.2. The van der Waals surface area contributed by atoms with Crippen molar-refractivity contribution in [2.75, 3.05) is 7.11 Å². The summed E-state index contributed by atoms with van der Waals surface area (Å²) in [4.78, 5) is 0. The average molecular weight is 251 g/mol. The van der Waals surface area contributed by atoms with Crippen molar-refractivity contribution in [1.29, 1.82) is 0 Å². The zero-order valence-electron chi connectivity index (χ0n) is 11.2. The van der Waals surface area contributed by atoms with Crippen LogP contribution in [-0.2, 0) is 4.74 Å². The van der Waals surface area contributed by atoms with E-state index in [1.165, 1.54) is 18.9 Å². The first-order valence-corrected chi connectivity index (χ1v) is 6.75. The molecule has 0 amide bonds. The van der Waals surface area contributed by atoms with Crippen molar-refractivity contribution >= 4 is 0 Å². The zero-order valence-corrected chi connectivity index (χ0v) is 11.2. The first-order chi connectivity index (χ1) is 8.70. The minimum atomic E-state index is -0.173. The minimum absolute atomic E-state index is 0.154. The predicted octanol–water partition coefficient (Wildman–Crippen LogP) is 3.43. The van der Waals surface area contributed by atoms with E-state index in [0.717, 1.165) is 18.4 Å². The van der Waals surface area contributed by atoms with Gasteiger partial charge in [0.1, 0.15) is 5.82 Å². The molecule has 1 aromatic rings. The molecule has 0 radical (unpaired) electrons. The molecule has 0 aliphatic heterocycles. The number of ether oxygens (including phenoxy) is 1. The van der Waals surface area contributed by atoms with Crippen LogP contribution < -0.4 is 5.32 Å². The third kappa shape index (κ3) is 3.30. The number of methoxy groups -OCH3 is 1. The fourth-order valence-corrected chi connectivity index (χ4v) is 2.76. The standard InChI is InChI=1S/C15H22FNO/c1-11(12-6-5-7-13(16)10-12)17-14-8-3-4-9-15(14)18-2/h5-7,10-11,14-15,17H,3-4,8-9H2,1-2H3. The quantitative estimate of drug-likeness (QED) is 0.885. The fourth-order valence-electron chi connectivity index (χ4n) is 2.76. The fraction of sp³-hybridized carbons (Fsp3) is 0.600. The van der Waals surface area contributed by atoms with Crippen LogP contribution in [0.4, 0.5) is 4.39 Å². The molecular formula is C15H22FNO. The van der Waals surface area contributed by atoms with Crippen molar-refractivity contribution in [3.8, 4) is 0 Å². The molecule has 0 heterocycles. The second kappa shape index (κ2) is 6.30. The smallest absolute Gasteiger partial charge is 0.123 e. The maximum Gasteiger partial charge on any atom is 0.123 e. The topological polar surface area (TPSA) is 21.3 Å². The van der Waals surface area contributed by atoms with E-state index in [0.29, 0.717) is 6.04 Å². The van der Waals surface area contributed by atoms with Gasteiger partial charge < -0.3 is 10.1 Å². The Kier molecular flexibility index (Phi) is 4.72. The molecule has 0 bridgehead atoms. The minimum Gasteiger partial charge on any atom is -0.380 e. The van der Waals surface area contributed by atoms with E-state index in [9.17, 15) is 4.39 Å². The molecule has 1 aliphatic rings. The Morgan fingerprint density at radius 3 is 2.83 bits per heavy atom. The molecule has 3 unspecified atom stereocenters. The Morgan fingerprint density at radius 1 is 1.33 bits per heavy atom. The summed E-state index contributed by atoms with van der Waals surface area (Å²) in [5.41, 5.74) is 0.996. The highest BCUT2D eigenvalue weighted by atomic mass is 19.1. The SMILES string of the molecule is COC1CCCCC1NC(C)c1cccc(F)c1. The van der Waals surface area contributed by atoms with E-state index in [1.54, 1.807) is 19.2 Å². The van der Waals surface area contributed by atoms with Crippen LogP contribution >= 0.6 is 0 Å². The van der Waals surface area contributed by atoms with Gasteiger partial charge in [-0.3, -0.25) is 0 Å². The summed E-state index contributed by atoms with van der Waals surface area (Å²) in [6.07, 6.45) is 5.02. The molecule has 1 aliphatic carbocycles. The molecule has 18 heavy (non-hydrogen) atoms. The summed E-state index contributed by atoms with van der Waals surface area (Å²) < 4.78 is 18.7. The Bertz CT molecular complexity index is 383. The monoisotopic (exact) mass is 251 g/mol. The summed E-state index contributed by atoms with van der Waals surface area (Å²) in [5, 5.41) is 3.57. The van der Waals surface area contributed by atoms with Crippen LogP contribution in [0.2, 0.25) is 0 Å². The Hall–Kier alpha value is -0.930. The van der Waals surface area contributed by atoms with Crippen molar-refractivity contribution in [2.24, 2.45) is 0 Å². The lowest BCUT2D eigenvalue weighted by Crippen LogP contribution is -2.44. The Labute approximate surface area is 109 Å². The molecule has 1 saturated carbocycles. The lowest BCUT2D eigenvalue weighted by molar-refractivity contribution is 0.0384. The van der Waals surface area contributed by atoms with Crippen molar-refractivity contribution in [3.05, 3.63) is 35.6 Å². The van der Waals surface area contributed by atoms with Gasteiger partial charge in [-0.1, -0.05) is 25.0 Å². The molecule has 0 aromatic heterocycles. The molecule has 3 atom stereocenters. The van der Waals surface area contributed by atoms with Crippen LogP contribution in [0.1, 0.15) is 44.2 Å². The van der Waals surface area contributed by atoms with Gasteiger partial charge in [-0.25, -0.2) is 4.39 Å². The van der Waals surface area contributed by atoms with E-state index < -0.39 is 0 Å². The van der Waals surface area contributed by atoms with Crippen molar-refractivity contribution in [2.45, 2.75) is 50.8 Å². The van der Waals surface area contributed by atoms with Crippen LogP contribution in [0.25, 0.3) is 0 Å². The van der Waals surface area contributed by atoms with Crippen LogP contribution in [0.3, 0.4) is 0 Å². The molecule has 0 saturated heterocycles. The number of benzene rings is 1. The van der Waals surface area contributed by atoms with Gasteiger partial charge in [-0.05, 0) is 37.5 Å². The zero-order chi connectivity index (χ0) is 13.0. The van der Waals surface area contributed by atoms with Crippen LogP contribution in [0.5, 0.6) is 0 Å². The van der Waals surface area contributed by atoms with E-state index in [1.807, 2.05) is 6.07 Å². The molecular weight excluding hydrogens is 229 g/mol. The number of halogens is 1. The molecule has 3 heteroatoms. The normalized spacial score (nSPS) is 25.9. The molecule has 100 valence electrons. The molecule has 0 spiro atoms. The van der Waals surface area contributed by atoms with Gasteiger partial charge >= 0.3 is 0 Å². The summed E-state index contributed by atoms with van der Waals surface area (Å²) in [7, 11) is 1.78. The number of hydrogen-bond acceptors (Lipinski definition) is 2. The first kappa shape index (κ1) is 13.5. The number of hydrogen-bond donors (Lipinski definition) is 1. The second-order valence-electron chi connectivity index (χ2n) is 5.11. The van der Waals surface area contributed by atoms with Gasteiger partial charge in [-0.15, -0.1) is 0 Å². The lowest BCUT2D eigenvalue weighted by Gasteiger charge is -2.33. The molecule has 1 aromatic carbocycles. The van der Waals surface area contributed by atoms with E-state index in [4.69, 9.17) is 4.74 Å². The molecule has 2 rings (SSSR count). The summed E-state index contributed by atoms with van der Waals surface area (Å²) in [5.74, 6) is -0.173. The van der Waals surface area contributed by atoms with E-state index in [-0.39, 0.29) is 18.0 Å². The summed E-state index contributed by atoms with van der Waals surface area (Å²) in [6, 6.07) is 7.34. The maximum atomic E-state index is 13.2. The third-order valence-corrected chi connectivity index (χ3v) is 3.82. The van der Waals surface area contributed by atoms with Crippen molar-refractivity contribution in [1.82, 2.24) is 5.32 Å². The van der Waals surface area contributed by atoms with Crippen LogP contribution in [0.15, 0.2) is 24.3 Å². The summed E-state index contributed by atoms with van der Waals surface area (Å²) >= 11 is 0. The first-order valence-electron chi connectivity index (χ1n) is 6.75. The number of rotatable bonds is 4. The second-order valence-corrected chi connectivity index (χ2v) is 5.11. The third-order valence-electron chi connectivity index (χ3n) is 3.82. The number of nitrogens with one attached hydrogen (secondary N) is 1. The van der Waals surface area contributed by atoms with Gasteiger partial charge in [0.05, 0.1) is 6.10 Å². The van der Waals surface area contributed by atoms with Gasteiger partial charge in [0.2, 0.25) is 0 Å². The van der Waals surface area contributed by atoms with E-state index >= 15 is 0 Å². The largest absolute Gasteiger partial charge is 0.380 e. The highest BCUT2D eigenvalue weighted by molar-refractivity contribution is 5.19. The van der Waals surface area contributed by atoms with Crippen LogP contribution in [0, 0.1) is 5.82 Å². The predicted molar refractivity (Wildman–Crippen MR) is 71.0 cm³/mol. The van der Waals surface area contributed by atoms with Crippen molar-refractivity contribution < 1.29 is 9.13 Å². The van der Waals surface area contributed by atoms with Gasteiger partial charge in [0.15, 0.2) is 0 Å². The van der Waals surface area contributed by atoms with Crippen LogP contribution in [-0.4, -0.2) is 19.3 Å². The molecule has 1 N–H and O–H groups in total. The summed E-state index contributed by atoms with van der Waals surface area (Å²) in [6.45, 7) is 2.08. The molecule has 2 nitrogen and oxygen atoms in total. The van der Waals surface area contributed by atoms with Gasteiger partial charge in [-0.2, -0.15) is 0 Å². The molecule has 1 fully saturated rings. The Morgan fingerprint density at radius 2 is 2.11 bits per heavy atom. The van der Waals surface area contributed by atoms with Gasteiger partial charge in [0, 0.05) is 19.2 Å². The lowest BCUT2D eigenvalue weighted by atomic mass is 9.91. The Balaban J connectivity index is 1.99. The highest BCUT2D eigenvalue weighted by Gasteiger charge is 2.26. The van der Waals surface area contributed by atoms with Crippen molar-refractivity contribution in [3.63, 3.8) is 0 Å². The van der Waals surface area contributed by atoms with Gasteiger partial charge in [0.25, 0.3) is 0 Å².